The SMILES string of the molecule is O=[N+]([O-])c1ccc(O)c(C=NCC(O)c2ccc(Cl)c(F)c2)c1. The fourth-order valence-electron chi connectivity index (χ4n) is 1.83. The molecular formula is C15H12ClFN2O4. The number of aliphatic hydroxyl groups excluding tert-OH is 1. The Kier molecular flexibility index (Phi) is 5.25. The van der Waals surface area contributed by atoms with Crippen molar-refractivity contribution >= 4 is 23.5 Å². The van der Waals surface area contributed by atoms with Crippen LogP contribution in [-0.2, 0) is 0 Å². The van der Waals surface area contributed by atoms with Gasteiger partial charge in [-0.1, -0.05) is 17.7 Å². The Labute approximate surface area is 135 Å². The average Bonchev–Trinajstić information content (AvgIpc) is 2.51. The summed E-state index contributed by atoms with van der Waals surface area (Å²) in [7, 11) is 0. The summed E-state index contributed by atoms with van der Waals surface area (Å²) in [6, 6.07) is 7.41. The van der Waals surface area contributed by atoms with Crippen molar-refractivity contribution in [2.45, 2.75) is 6.10 Å². The Morgan fingerprint density at radius 2 is 2.09 bits per heavy atom. The highest BCUT2D eigenvalue weighted by Gasteiger charge is 2.11. The molecule has 0 spiro atoms. The van der Waals surface area contributed by atoms with E-state index in [0.29, 0.717) is 5.56 Å². The molecule has 120 valence electrons. The zero-order valence-electron chi connectivity index (χ0n) is 11.7. The van der Waals surface area contributed by atoms with Crippen LogP contribution >= 0.6 is 11.6 Å². The number of halogens is 2. The zero-order chi connectivity index (χ0) is 17.0. The Bertz CT molecular complexity index is 767. The highest BCUT2D eigenvalue weighted by atomic mass is 35.5. The van der Waals surface area contributed by atoms with Gasteiger partial charge in [-0.05, 0) is 23.8 Å². The highest BCUT2D eigenvalue weighted by molar-refractivity contribution is 6.30. The number of nitrogens with zero attached hydrogens (tertiary/aromatic N) is 2. The van der Waals surface area contributed by atoms with Gasteiger partial charge in [-0.25, -0.2) is 4.39 Å². The van der Waals surface area contributed by atoms with Crippen LogP contribution in [0.25, 0.3) is 0 Å². The number of benzene rings is 2. The average molecular weight is 339 g/mol. The van der Waals surface area contributed by atoms with Gasteiger partial charge in [0.2, 0.25) is 0 Å². The van der Waals surface area contributed by atoms with Crippen molar-refractivity contribution in [3.05, 3.63) is 68.5 Å². The van der Waals surface area contributed by atoms with Crippen LogP contribution < -0.4 is 0 Å². The molecule has 0 radical (unpaired) electrons. The smallest absolute Gasteiger partial charge is 0.270 e. The number of nitro groups is 1. The van der Waals surface area contributed by atoms with Gasteiger partial charge in [0.25, 0.3) is 5.69 Å². The van der Waals surface area contributed by atoms with Gasteiger partial charge >= 0.3 is 0 Å². The van der Waals surface area contributed by atoms with E-state index in [0.717, 1.165) is 18.2 Å². The van der Waals surface area contributed by atoms with Crippen LogP contribution in [0, 0.1) is 15.9 Å². The first-order valence-electron chi connectivity index (χ1n) is 6.48. The molecule has 1 atom stereocenters. The third-order valence-electron chi connectivity index (χ3n) is 3.06. The van der Waals surface area contributed by atoms with E-state index in [2.05, 4.69) is 4.99 Å². The van der Waals surface area contributed by atoms with E-state index in [-0.39, 0.29) is 28.6 Å². The van der Waals surface area contributed by atoms with Crippen molar-refractivity contribution in [1.29, 1.82) is 0 Å². The number of non-ortho nitro benzene ring substituents is 1. The molecule has 0 amide bonds. The molecule has 2 aromatic carbocycles. The maximum Gasteiger partial charge on any atom is 0.270 e. The molecule has 1 unspecified atom stereocenters. The minimum absolute atomic E-state index is 0.0500. The molecule has 0 bridgehead atoms. The van der Waals surface area contributed by atoms with Crippen molar-refractivity contribution in [3.8, 4) is 5.75 Å². The molecule has 2 N–H and O–H groups in total. The van der Waals surface area contributed by atoms with Crippen molar-refractivity contribution in [2.75, 3.05) is 6.54 Å². The number of phenolic OH excluding ortho intramolecular Hbond substituents is 1. The van der Waals surface area contributed by atoms with Crippen molar-refractivity contribution in [1.82, 2.24) is 0 Å². The van der Waals surface area contributed by atoms with Crippen LogP contribution in [0.2, 0.25) is 5.02 Å². The lowest BCUT2D eigenvalue weighted by molar-refractivity contribution is -0.384. The summed E-state index contributed by atoms with van der Waals surface area (Å²) in [6.45, 7) is -0.108. The highest BCUT2D eigenvalue weighted by Crippen LogP contribution is 2.22. The number of aliphatic hydroxyl groups is 1. The first kappa shape index (κ1) is 16.9. The standard InChI is InChI=1S/C15H12ClFN2O4/c16-12-3-1-9(6-13(12)17)15(21)8-18-7-10-5-11(19(22)23)2-4-14(10)20/h1-7,15,20-21H,8H2. The number of aliphatic imine (C=N–C) groups is 1. The van der Waals surface area contributed by atoms with Crippen LogP contribution in [0.4, 0.5) is 10.1 Å². The van der Waals surface area contributed by atoms with Crippen molar-refractivity contribution in [3.63, 3.8) is 0 Å². The van der Waals surface area contributed by atoms with Gasteiger partial charge in [0.15, 0.2) is 0 Å². The molecule has 0 aliphatic heterocycles. The molecule has 0 aromatic heterocycles. The van der Waals surface area contributed by atoms with Crippen molar-refractivity contribution in [2.24, 2.45) is 4.99 Å². The van der Waals surface area contributed by atoms with Crippen LogP contribution in [0.3, 0.4) is 0 Å². The second-order valence-electron chi connectivity index (χ2n) is 4.68. The lowest BCUT2D eigenvalue weighted by atomic mass is 10.1. The van der Waals surface area contributed by atoms with Gasteiger partial charge in [-0.3, -0.25) is 15.1 Å². The fraction of sp³-hybridized carbons (Fsp3) is 0.133. The van der Waals surface area contributed by atoms with Crippen LogP contribution in [-0.4, -0.2) is 27.9 Å². The molecule has 0 aliphatic carbocycles. The van der Waals surface area contributed by atoms with E-state index in [9.17, 15) is 24.7 Å². The lowest BCUT2D eigenvalue weighted by Gasteiger charge is -2.08. The van der Waals surface area contributed by atoms with E-state index in [4.69, 9.17) is 11.6 Å². The maximum atomic E-state index is 13.3. The van der Waals surface area contributed by atoms with Gasteiger partial charge in [-0.15, -0.1) is 0 Å². The van der Waals surface area contributed by atoms with Gasteiger partial charge in [-0.2, -0.15) is 0 Å². The van der Waals surface area contributed by atoms with Gasteiger partial charge in [0, 0.05) is 23.9 Å². The number of hydrogen-bond acceptors (Lipinski definition) is 5. The van der Waals surface area contributed by atoms with E-state index in [1.807, 2.05) is 0 Å². The third kappa shape index (κ3) is 4.24. The summed E-state index contributed by atoms with van der Waals surface area (Å²) in [6.07, 6.45) is 0.136. The Morgan fingerprint density at radius 3 is 2.74 bits per heavy atom. The normalized spacial score (nSPS) is 12.5. The minimum atomic E-state index is -1.07. The first-order valence-corrected chi connectivity index (χ1v) is 6.86. The minimum Gasteiger partial charge on any atom is -0.507 e. The summed E-state index contributed by atoms with van der Waals surface area (Å²) in [5.74, 6) is -0.824. The van der Waals surface area contributed by atoms with Gasteiger partial charge < -0.3 is 10.2 Å². The summed E-state index contributed by atoms with van der Waals surface area (Å²) in [5, 5.41) is 30.2. The van der Waals surface area contributed by atoms with Crippen molar-refractivity contribution < 1.29 is 19.5 Å². The molecule has 23 heavy (non-hydrogen) atoms. The third-order valence-corrected chi connectivity index (χ3v) is 3.37. The summed E-state index contributed by atoms with van der Waals surface area (Å²) < 4.78 is 13.3. The molecule has 2 aromatic rings. The lowest BCUT2D eigenvalue weighted by Crippen LogP contribution is -2.02. The Balaban J connectivity index is 2.10. The van der Waals surface area contributed by atoms with E-state index in [1.165, 1.54) is 24.4 Å². The molecule has 0 saturated carbocycles. The molecule has 2 rings (SSSR count). The molecule has 8 heteroatoms. The predicted molar refractivity (Wildman–Crippen MR) is 83.6 cm³/mol. The van der Waals surface area contributed by atoms with Gasteiger partial charge in [0.1, 0.15) is 11.6 Å². The summed E-state index contributed by atoms with van der Waals surface area (Å²) >= 11 is 5.56. The number of nitro benzene ring substituents is 1. The quantitative estimate of drug-likeness (QED) is 0.497. The van der Waals surface area contributed by atoms with E-state index in [1.54, 1.807) is 0 Å². The van der Waals surface area contributed by atoms with Crippen LogP contribution in [0.5, 0.6) is 5.75 Å². The molecule has 0 saturated heterocycles. The number of phenols is 1. The largest absolute Gasteiger partial charge is 0.507 e. The molecule has 0 aliphatic rings. The number of rotatable bonds is 5. The summed E-state index contributed by atoms with van der Waals surface area (Å²) in [5.41, 5.74) is 0.255. The van der Waals surface area contributed by atoms with Gasteiger partial charge in [0.05, 0.1) is 22.6 Å². The zero-order valence-corrected chi connectivity index (χ0v) is 12.4. The summed E-state index contributed by atoms with van der Waals surface area (Å²) in [4.78, 5) is 14.0. The predicted octanol–water partition coefficient (Wildman–Crippen LogP) is 3.25. The first-order chi connectivity index (χ1) is 10.9. The molecule has 0 fully saturated rings. The molecule has 0 heterocycles. The Hall–Kier alpha value is -2.51. The topological polar surface area (TPSA) is 96.0 Å². The Morgan fingerprint density at radius 1 is 1.35 bits per heavy atom. The fourth-order valence-corrected chi connectivity index (χ4v) is 1.95. The second-order valence-corrected chi connectivity index (χ2v) is 5.09. The van der Waals surface area contributed by atoms with E-state index < -0.39 is 16.8 Å². The monoisotopic (exact) mass is 338 g/mol. The molecule has 6 nitrogen and oxygen atoms in total. The maximum absolute atomic E-state index is 13.3. The van der Waals surface area contributed by atoms with E-state index >= 15 is 0 Å². The second kappa shape index (κ2) is 7.17. The number of hydrogen-bond donors (Lipinski definition) is 2. The van der Waals surface area contributed by atoms with Crippen LogP contribution in [0.1, 0.15) is 17.2 Å². The number of aromatic hydroxyl groups is 1. The van der Waals surface area contributed by atoms with Crippen LogP contribution in [0.15, 0.2) is 41.4 Å². The molecular weight excluding hydrogens is 327 g/mol.